The summed E-state index contributed by atoms with van der Waals surface area (Å²) in [5.74, 6) is -0.439. The van der Waals surface area contributed by atoms with Crippen molar-refractivity contribution in [2.24, 2.45) is 10.6 Å². The molecule has 1 aromatic carbocycles. The molecule has 29 heavy (non-hydrogen) atoms. The van der Waals surface area contributed by atoms with Crippen LogP contribution in [-0.2, 0) is 11.3 Å². The number of oxime groups is 1. The van der Waals surface area contributed by atoms with E-state index in [1.807, 2.05) is 0 Å². The van der Waals surface area contributed by atoms with Crippen molar-refractivity contribution in [2.45, 2.75) is 47.5 Å². The van der Waals surface area contributed by atoms with Crippen LogP contribution in [0.4, 0.5) is 0 Å². The molecule has 0 spiro atoms. The third-order valence-corrected chi connectivity index (χ3v) is 5.60. The molecule has 5 nitrogen and oxygen atoms in total. The van der Waals surface area contributed by atoms with Gasteiger partial charge in [0.1, 0.15) is 0 Å². The number of aryl methyl sites for hydroxylation is 3. The van der Waals surface area contributed by atoms with E-state index >= 15 is 0 Å². The Morgan fingerprint density at radius 3 is 2.59 bits per heavy atom. The lowest BCUT2D eigenvalue weighted by Gasteiger charge is -2.31. The molecule has 0 radical (unpaired) electrons. The summed E-state index contributed by atoms with van der Waals surface area (Å²) in [4.78, 5) is 17.4. The first kappa shape index (κ1) is 19.2. The summed E-state index contributed by atoms with van der Waals surface area (Å²) >= 11 is 0. The van der Waals surface area contributed by atoms with Crippen LogP contribution in [0.25, 0.3) is 5.69 Å². The van der Waals surface area contributed by atoms with Crippen molar-refractivity contribution in [3.05, 3.63) is 76.5 Å². The largest absolute Gasteiger partial charge is 0.457 e. The van der Waals surface area contributed by atoms with Crippen LogP contribution in [0.1, 0.15) is 58.9 Å². The molecule has 3 aromatic rings. The van der Waals surface area contributed by atoms with E-state index in [-0.39, 0.29) is 11.2 Å². The van der Waals surface area contributed by atoms with Crippen molar-refractivity contribution < 1.29 is 14.0 Å². The number of carbonyl (C=O) groups excluding carboxylic acids is 1. The first-order valence-corrected chi connectivity index (χ1v) is 9.86. The number of hydrogen-bond acceptors (Lipinski definition) is 4. The molecular weight excluding hydrogens is 364 g/mol. The van der Waals surface area contributed by atoms with E-state index in [2.05, 4.69) is 68.6 Å². The van der Waals surface area contributed by atoms with Gasteiger partial charge in [-0.3, -0.25) is 0 Å². The fourth-order valence-corrected chi connectivity index (χ4v) is 4.02. The topological polar surface area (TPSA) is 56.7 Å². The zero-order valence-electron chi connectivity index (χ0n) is 17.6. The Bertz CT molecular complexity index is 1100. The van der Waals surface area contributed by atoms with E-state index in [0.717, 1.165) is 35.5 Å². The molecule has 0 saturated carbocycles. The molecule has 2 heterocycles. The lowest BCUT2D eigenvalue weighted by atomic mass is 9.76. The summed E-state index contributed by atoms with van der Waals surface area (Å²) in [5.41, 5.74) is 7.88. The highest BCUT2D eigenvalue weighted by atomic mass is 16.7. The maximum Gasteiger partial charge on any atom is 0.400 e. The quantitative estimate of drug-likeness (QED) is 0.436. The van der Waals surface area contributed by atoms with Gasteiger partial charge in [0.15, 0.2) is 0 Å². The Kier molecular flexibility index (Phi) is 4.69. The number of furan rings is 1. The molecule has 4 rings (SSSR count). The van der Waals surface area contributed by atoms with Crippen LogP contribution in [-0.4, -0.2) is 16.2 Å². The fraction of sp³-hybridized carbons (Fsp3) is 0.333. The Hall–Kier alpha value is -3.08. The minimum absolute atomic E-state index is 0.00517. The third-order valence-electron chi connectivity index (χ3n) is 5.60. The van der Waals surface area contributed by atoms with Gasteiger partial charge < -0.3 is 13.8 Å². The lowest BCUT2D eigenvalue weighted by molar-refractivity contribution is 0.0477. The standard InChI is InChI=1S/C24H26N2O3/c1-15-8-9-18(11-16(15)2)26-17(3)12-19-20(13-24(4,5)14-21(19)26)25-29-23(27)22-7-6-10-28-22/h6-12H,13-14H2,1-5H3/b25-20+. The molecule has 0 bridgehead atoms. The van der Waals surface area contributed by atoms with Gasteiger partial charge in [-0.25, -0.2) is 4.79 Å². The highest BCUT2D eigenvalue weighted by molar-refractivity contribution is 6.03. The van der Waals surface area contributed by atoms with Crippen molar-refractivity contribution in [3.8, 4) is 5.69 Å². The number of carbonyl (C=O) groups is 1. The first-order valence-electron chi connectivity index (χ1n) is 9.86. The lowest BCUT2D eigenvalue weighted by Crippen LogP contribution is -2.28. The van der Waals surface area contributed by atoms with E-state index in [1.54, 1.807) is 12.1 Å². The number of aromatic nitrogens is 1. The molecule has 0 atom stereocenters. The molecule has 1 aliphatic carbocycles. The molecule has 0 N–H and O–H groups in total. The van der Waals surface area contributed by atoms with E-state index in [0.29, 0.717) is 0 Å². The van der Waals surface area contributed by atoms with Crippen LogP contribution in [0.15, 0.2) is 52.2 Å². The molecular formula is C24H26N2O3. The minimum Gasteiger partial charge on any atom is -0.457 e. The summed E-state index contributed by atoms with van der Waals surface area (Å²) in [5, 5.41) is 4.25. The van der Waals surface area contributed by atoms with Crippen LogP contribution in [0.2, 0.25) is 0 Å². The molecule has 1 aliphatic rings. The van der Waals surface area contributed by atoms with Gasteiger partial charge in [0.25, 0.3) is 0 Å². The van der Waals surface area contributed by atoms with Gasteiger partial charge in [-0.2, -0.15) is 0 Å². The van der Waals surface area contributed by atoms with E-state index in [4.69, 9.17) is 9.25 Å². The predicted octanol–water partition coefficient (Wildman–Crippen LogP) is 5.53. The normalized spacial score (nSPS) is 16.7. The van der Waals surface area contributed by atoms with Crippen LogP contribution in [0, 0.1) is 26.2 Å². The maximum absolute atomic E-state index is 12.2. The van der Waals surface area contributed by atoms with Crippen molar-refractivity contribution in [3.63, 3.8) is 0 Å². The molecule has 0 aliphatic heterocycles. The summed E-state index contributed by atoms with van der Waals surface area (Å²) < 4.78 is 7.40. The number of rotatable bonds is 3. The van der Waals surface area contributed by atoms with Crippen molar-refractivity contribution in [2.75, 3.05) is 0 Å². The highest BCUT2D eigenvalue weighted by Gasteiger charge is 2.34. The zero-order valence-corrected chi connectivity index (χ0v) is 17.6. The first-order chi connectivity index (χ1) is 13.7. The summed E-state index contributed by atoms with van der Waals surface area (Å²) in [6.07, 6.45) is 3.11. The average molecular weight is 390 g/mol. The highest BCUT2D eigenvalue weighted by Crippen LogP contribution is 2.38. The van der Waals surface area contributed by atoms with Gasteiger partial charge in [0.05, 0.1) is 12.0 Å². The smallest absolute Gasteiger partial charge is 0.400 e. The Morgan fingerprint density at radius 2 is 1.90 bits per heavy atom. The molecule has 2 aromatic heterocycles. The average Bonchev–Trinajstić information content (AvgIpc) is 3.29. The summed E-state index contributed by atoms with van der Waals surface area (Å²) in [6, 6.07) is 11.9. The van der Waals surface area contributed by atoms with Gasteiger partial charge in [0, 0.05) is 22.6 Å². The SMILES string of the molecule is Cc1ccc(-n2c(C)cc3c2CC(C)(C)C/C3=N\OC(=O)c2ccco2)cc1C. The third kappa shape index (κ3) is 3.65. The van der Waals surface area contributed by atoms with Crippen LogP contribution >= 0.6 is 0 Å². The second-order valence-electron chi connectivity index (χ2n) is 8.66. The second-order valence-corrected chi connectivity index (χ2v) is 8.66. The number of benzene rings is 1. The van der Waals surface area contributed by atoms with Crippen molar-refractivity contribution >= 4 is 11.7 Å². The predicted molar refractivity (Wildman–Crippen MR) is 113 cm³/mol. The van der Waals surface area contributed by atoms with E-state index in [1.165, 1.54) is 23.1 Å². The van der Waals surface area contributed by atoms with Crippen molar-refractivity contribution in [1.82, 2.24) is 4.57 Å². The van der Waals surface area contributed by atoms with Gasteiger partial charge in [-0.1, -0.05) is 25.1 Å². The molecule has 0 unspecified atom stereocenters. The van der Waals surface area contributed by atoms with Gasteiger partial charge in [-0.05, 0) is 80.5 Å². The van der Waals surface area contributed by atoms with Crippen LogP contribution in [0.3, 0.4) is 0 Å². The number of nitrogens with zero attached hydrogens (tertiary/aromatic N) is 2. The molecule has 150 valence electrons. The van der Waals surface area contributed by atoms with E-state index in [9.17, 15) is 4.79 Å². The Labute approximate surface area is 171 Å². The molecule has 0 saturated heterocycles. The maximum atomic E-state index is 12.2. The molecule has 0 amide bonds. The van der Waals surface area contributed by atoms with Gasteiger partial charge in [0.2, 0.25) is 5.76 Å². The molecule has 5 heteroatoms. The van der Waals surface area contributed by atoms with Crippen molar-refractivity contribution in [1.29, 1.82) is 0 Å². The summed E-state index contributed by atoms with van der Waals surface area (Å²) in [7, 11) is 0. The molecule has 0 fully saturated rings. The van der Waals surface area contributed by atoms with Crippen LogP contribution < -0.4 is 0 Å². The second kappa shape index (κ2) is 7.07. The van der Waals surface area contributed by atoms with Gasteiger partial charge in [-0.15, -0.1) is 0 Å². The Balaban J connectivity index is 1.76. The number of fused-ring (bicyclic) bond motifs is 1. The number of hydrogen-bond donors (Lipinski definition) is 0. The van der Waals surface area contributed by atoms with Crippen LogP contribution in [0.5, 0.6) is 0 Å². The Morgan fingerprint density at radius 1 is 1.10 bits per heavy atom. The van der Waals surface area contributed by atoms with E-state index < -0.39 is 5.97 Å². The zero-order chi connectivity index (χ0) is 20.8. The fourth-order valence-electron chi connectivity index (χ4n) is 4.02. The monoisotopic (exact) mass is 390 g/mol. The minimum atomic E-state index is -0.585. The summed E-state index contributed by atoms with van der Waals surface area (Å²) in [6.45, 7) is 10.8. The van der Waals surface area contributed by atoms with Gasteiger partial charge >= 0.3 is 5.97 Å².